The van der Waals surface area contributed by atoms with Crippen molar-refractivity contribution >= 4 is 22.6 Å². The number of aryl methyl sites for hydroxylation is 1. The Balaban J connectivity index is 1.90. The van der Waals surface area contributed by atoms with Crippen molar-refractivity contribution in [1.82, 2.24) is 15.3 Å². The number of aromatic nitrogens is 2. The Morgan fingerprint density at radius 3 is 2.71 bits per heavy atom. The lowest BCUT2D eigenvalue weighted by molar-refractivity contribution is -0.121. The van der Waals surface area contributed by atoms with E-state index >= 15 is 0 Å². The van der Waals surface area contributed by atoms with Gasteiger partial charge >= 0.3 is 0 Å². The van der Waals surface area contributed by atoms with E-state index < -0.39 is 0 Å². The van der Waals surface area contributed by atoms with E-state index in [-0.39, 0.29) is 11.9 Å². The zero-order chi connectivity index (χ0) is 19.9. The molecule has 0 aliphatic rings. The number of nitrogens with zero attached hydrogens (tertiary/aromatic N) is 3. The molecule has 0 fully saturated rings. The van der Waals surface area contributed by atoms with Crippen LogP contribution in [0.1, 0.15) is 45.2 Å². The van der Waals surface area contributed by atoms with E-state index in [2.05, 4.69) is 22.1 Å². The number of rotatable bonds is 9. The van der Waals surface area contributed by atoms with Crippen molar-refractivity contribution in [2.75, 3.05) is 11.4 Å². The van der Waals surface area contributed by atoms with E-state index in [4.69, 9.17) is 9.40 Å². The van der Waals surface area contributed by atoms with Gasteiger partial charge in [0.1, 0.15) is 17.4 Å². The van der Waals surface area contributed by atoms with Crippen LogP contribution in [0.5, 0.6) is 0 Å². The van der Waals surface area contributed by atoms with Gasteiger partial charge in [0.15, 0.2) is 0 Å². The number of hydrogen-bond donors (Lipinski definition) is 1. The summed E-state index contributed by atoms with van der Waals surface area (Å²) in [4.78, 5) is 23.9. The summed E-state index contributed by atoms with van der Waals surface area (Å²) < 4.78 is 5.56. The molecule has 1 aromatic carbocycles. The maximum atomic E-state index is 12.3. The van der Waals surface area contributed by atoms with Gasteiger partial charge in [-0.1, -0.05) is 26.0 Å². The number of carbonyl (C=O) groups excluding carboxylic acids is 1. The highest BCUT2D eigenvalue weighted by Crippen LogP contribution is 2.26. The minimum Gasteiger partial charge on any atom is -0.467 e. The molecule has 3 rings (SSSR count). The average Bonchev–Trinajstić information content (AvgIpc) is 3.23. The Morgan fingerprint density at radius 1 is 1.18 bits per heavy atom. The van der Waals surface area contributed by atoms with Gasteiger partial charge in [-0.2, -0.15) is 0 Å². The summed E-state index contributed by atoms with van der Waals surface area (Å²) in [5, 5.41) is 4.01. The van der Waals surface area contributed by atoms with Crippen molar-refractivity contribution in [2.24, 2.45) is 0 Å². The Labute approximate surface area is 166 Å². The van der Waals surface area contributed by atoms with Crippen molar-refractivity contribution in [2.45, 2.75) is 52.6 Å². The molecule has 2 heterocycles. The number of fused-ring (bicyclic) bond motifs is 1. The predicted molar refractivity (Wildman–Crippen MR) is 111 cm³/mol. The predicted octanol–water partition coefficient (Wildman–Crippen LogP) is 4.10. The average molecular weight is 380 g/mol. The smallest absolute Gasteiger partial charge is 0.221 e. The van der Waals surface area contributed by atoms with Crippen molar-refractivity contribution in [1.29, 1.82) is 0 Å². The Morgan fingerprint density at radius 2 is 2.00 bits per heavy atom. The van der Waals surface area contributed by atoms with E-state index in [1.54, 1.807) is 6.26 Å². The van der Waals surface area contributed by atoms with Crippen molar-refractivity contribution in [3.63, 3.8) is 0 Å². The van der Waals surface area contributed by atoms with Crippen LogP contribution in [0, 0.1) is 0 Å². The van der Waals surface area contributed by atoms with E-state index in [1.807, 2.05) is 50.2 Å². The maximum absolute atomic E-state index is 12.3. The number of amides is 1. The SMILES string of the molecule is CCc1nc(N(CCC(=O)NC(C)CC)Cc2ccco2)c2ccccc2n1. The third-order valence-corrected chi connectivity index (χ3v) is 4.80. The molecule has 0 aliphatic carbocycles. The molecule has 2 aromatic heterocycles. The van der Waals surface area contributed by atoms with Gasteiger partial charge in [0.25, 0.3) is 0 Å². The molecule has 0 saturated heterocycles. The van der Waals surface area contributed by atoms with Crippen LogP contribution >= 0.6 is 0 Å². The first-order chi connectivity index (χ1) is 13.6. The number of carbonyl (C=O) groups is 1. The second-order valence-corrected chi connectivity index (χ2v) is 6.96. The first-order valence-electron chi connectivity index (χ1n) is 9.93. The molecule has 1 atom stereocenters. The lowest BCUT2D eigenvalue weighted by atomic mass is 10.2. The molecular weight excluding hydrogens is 352 g/mol. The Hall–Kier alpha value is -2.89. The van der Waals surface area contributed by atoms with E-state index in [1.165, 1.54) is 0 Å². The van der Waals surface area contributed by atoms with Gasteiger partial charge in [0, 0.05) is 30.8 Å². The molecular formula is C22H28N4O2. The highest BCUT2D eigenvalue weighted by atomic mass is 16.3. The molecule has 0 bridgehead atoms. The minimum atomic E-state index is 0.0490. The molecule has 0 aliphatic heterocycles. The van der Waals surface area contributed by atoms with Crippen molar-refractivity contribution in [3.05, 3.63) is 54.2 Å². The lowest BCUT2D eigenvalue weighted by Crippen LogP contribution is -2.35. The van der Waals surface area contributed by atoms with Crippen LogP contribution < -0.4 is 10.2 Å². The normalized spacial score (nSPS) is 12.1. The van der Waals surface area contributed by atoms with Crippen LogP contribution in [0.25, 0.3) is 10.9 Å². The summed E-state index contributed by atoms with van der Waals surface area (Å²) in [6.45, 7) is 7.22. The van der Waals surface area contributed by atoms with Crippen molar-refractivity contribution in [3.8, 4) is 0 Å². The fourth-order valence-electron chi connectivity index (χ4n) is 3.04. The van der Waals surface area contributed by atoms with Crippen LogP contribution in [0.3, 0.4) is 0 Å². The van der Waals surface area contributed by atoms with Gasteiger partial charge in [0.2, 0.25) is 5.91 Å². The van der Waals surface area contributed by atoms with Gasteiger partial charge in [-0.05, 0) is 37.6 Å². The van der Waals surface area contributed by atoms with Gasteiger partial charge in [-0.15, -0.1) is 0 Å². The Kier molecular flexibility index (Phi) is 6.63. The first kappa shape index (κ1) is 19.9. The summed E-state index contributed by atoms with van der Waals surface area (Å²) in [5.41, 5.74) is 0.915. The monoisotopic (exact) mass is 380 g/mol. The van der Waals surface area contributed by atoms with E-state index in [0.717, 1.165) is 41.1 Å². The molecule has 0 spiro atoms. The van der Waals surface area contributed by atoms with Crippen molar-refractivity contribution < 1.29 is 9.21 Å². The molecule has 1 unspecified atom stereocenters. The third-order valence-electron chi connectivity index (χ3n) is 4.80. The van der Waals surface area contributed by atoms with Crippen LogP contribution in [0.2, 0.25) is 0 Å². The summed E-state index contributed by atoms with van der Waals surface area (Å²) in [7, 11) is 0. The fraction of sp³-hybridized carbons (Fsp3) is 0.409. The van der Waals surface area contributed by atoms with Crippen LogP contribution in [0.15, 0.2) is 47.1 Å². The number of furan rings is 1. The summed E-state index contributed by atoms with van der Waals surface area (Å²) in [6.07, 6.45) is 3.72. The summed E-state index contributed by atoms with van der Waals surface area (Å²) >= 11 is 0. The number of nitrogens with one attached hydrogen (secondary N) is 1. The van der Waals surface area contributed by atoms with Gasteiger partial charge in [0.05, 0.1) is 18.3 Å². The van der Waals surface area contributed by atoms with Gasteiger partial charge in [-0.3, -0.25) is 4.79 Å². The first-order valence-corrected chi connectivity index (χ1v) is 9.93. The minimum absolute atomic E-state index is 0.0490. The number of para-hydroxylation sites is 1. The lowest BCUT2D eigenvalue weighted by Gasteiger charge is -2.24. The second-order valence-electron chi connectivity index (χ2n) is 6.96. The quantitative estimate of drug-likeness (QED) is 0.605. The zero-order valence-electron chi connectivity index (χ0n) is 16.8. The largest absolute Gasteiger partial charge is 0.467 e. The molecule has 148 valence electrons. The fourth-order valence-corrected chi connectivity index (χ4v) is 3.04. The van der Waals surface area contributed by atoms with Gasteiger partial charge in [-0.25, -0.2) is 9.97 Å². The second kappa shape index (κ2) is 9.35. The van der Waals surface area contributed by atoms with E-state index in [0.29, 0.717) is 19.5 Å². The van der Waals surface area contributed by atoms with Gasteiger partial charge < -0.3 is 14.6 Å². The zero-order valence-corrected chi connectivity index (χ0v) is 16.8. The molecule has 1 amide bonds. The summed E-state index contributed by atoms with van der Waals surface area (Å²) in [6, 6.07) is 12.0. The molecule has 6 heteroatoms. The van der Waals surface area contributed by atoms with Crippen LogP contribution in [-0.4, -0.2) is 28.5 Å². The van der Waals surface area contributed by atoms with Crippen LogP contribution in [0.4, 0.5) is 5.82 Å². The standard InChI is InChI=1S/C22H28N4O2/c1-4-16(3)23-21(27)12-13-26(15-17-9-8-14-28-17)22-18-10-6-7-11-19(18)24-20(5-2)25-22/h6-11,14,16H,4-5,12-13,15H2,1-3H3,(H,23,27). The summed E-state index contributed by atoms with van der Waals surface area (Å²) in [5.74, 6) is 2.52. The molecule has 28 heavy (non-hydrogen) atoms. The molecule has 3 aromatic rings. The van der Waals surface area contributed by atoms with Crippen LogP contribution in [-0.2, 0) is 17.8 Å². The molecule has 0 radical (unpaired) electrons. The molecule has 0 saturated carbocycles. The number of anilines is 1. The topological polar surface area (TPSA) is 71.3 Å². The highest BCUT2D eigenvalue weighted by molar-refractivity contribution is 5.89. The van der Waals surface area contributed by atoms with E-state index in [9.17, 15) is 4.79 Å². The Bertz CT molecular complexity index is 908. The maximum Gasteiger partial charge on any atom is 0.221 e. The molecule has 6 nitrogen and oxygen atoms in total. The number of benzene rings is 1. The number of hydrogen-bond acceptors (Lipinski definition) is 5. The third kappa shape index (κ3) is 4.88. The molecule has 1 N–H and O–H groups in total. The highest BCUT2D eigenvalue weighted by Gasteiger charge is 2.17.